The van der Waals surface area contributed by atoms with Gasteiger partial charge in [0, 0.05) is 31.7 Å². The molecule has 2 N–H and O–H groups in total. The predicted molar refractivity (Wildman–Crippen MR) is 88.3 cm³/mol. The van der Waals surface area contributed by atoms with E-state index in [1.807, 2.05) is 0 Å². The number of halogens is 2. The van der Waals surface area contributed by atoms with Gasteiger partial charge < -0.3 is 15.3 Å². The molecule has 2 rings (SSSR count). The zero-order chi connectivity index (χ0) is 18.0. The maximum absolute atomic E-state index is 13.8. The molecule has 1 fully saturated rings. The number of likely N-dealkylation sites (tertiary alicyclic amines) is 1. The molecular formula is C18H26F2N2O2. The molecule has 0 saturated carbocycles. The number of aliphatic hydroxyl groups is 1. The summed E-state index contributed by atoms with van der Waals surface area (Å²) in [7, 11) is 0. The van der Waals surface area contributed by atoms with Gasteiger partial charge in [-0.15, -0.1) is 0 Å². The lowest BCUT2D eigenvalue weighted by molar-refractivity contribution is -0.157. The lowest BCUT2D eigenvalue weighted by Gasteiger charge is -2.39. The third-order valence-corrected chi connectivity index (χ3v) is 4.17. The van der Waals surface area contributed by atoms with E-state index in [-0.39, 0.29) is 24.1 Å². The Labute approximate surface area is 141 Å². The Hall–Kier alpha value is -1.53. The van der Waals surface area contributed by atoms with Gasteiger partial charge in [-0.3, -0.25) is 4.79 Å². The molecule has 1 aliphatic rings. The second-order valence-electron chi connectivity index (χ2n) is 7.74. The molecule has 0 spiro atoms. The lowest BCUT2D eigenvalue weighted by atomic mass is 9.90. The van der Waals surface area contributed by atoms with Crippen LogP contribution in [0.2, 0.25) is 0 Å². The van der Waals surface area contributed by atoms with Gasteiger partial charge in [-0.2, -0.15) is 0 Å². The molecule has 0 unspecified atom stereocenters. The van der Waals surface area contributed by atoms with Crippen LogP contribution in [0.4, 0.5) is 8.78 Å². The Morgan fingerprint density at radius 3 is 2.71 bits per heavy atom. The van der Waals surface area contributed by atoms with Gasteiger partial charge in [0.05, 0.1) is 0 Å². The average molecular weight is 340 g/mol. The van der Waals surface area contributed by atoms with Gasteiger partial charge in [-0.1, -0.05) is 32.9 Å². The zero-order valence-corrected chi connectivity index (χ0v) is 14.5. The lowest BCUT2D eigenvalue weighted by Crippen LogP contribution is -2.58. The van der Waals surface area contributed by atoms with E-state index in [1.54, 1.807) is 0 Å². The number of hydrogen-bond donors (Lipinski definition) is 2. The Balaban J connectivity index is 2.05. The van der Waals surface area contributed by atoms with Crippen LogP contribution in [-0.2, 0) is 11.3 Å². The van der Waals surface area contributed by atoms with Gasteiger partial charge in [0.1, 0.15) is 0 Å². The van der Waals surface area contributed by atoms with Crippen molar-refractivity contribution in [2.45, 2.75) is 45.8 Å². The monoisotopic (exact) mass is 340 g/mol. The van der Waals surface area contributed by atoms with E-state index in [9.17, 15) is 18.7 Å². The summed E-state index contributed by atoms with van der Waals surface area (Å²) in [4.78, 5) is 14.0. The number of nitrogens with one attached hydrogen (secondary N) is 1. The molecule has 0 radical (unpaired) electrons. The minimum absolute atomic E-state index is 0.0377. The van der Waals surface area contributed by atoms with E-state index in [2.05, 4.69) is 26.1 Å². The van der Waals surface area contributed by atoms with Gasteiger partial charge in [-0.05, 0) is 24.3 Å². The largest absolute Gasteiger partial charge is 0.379 e. The third kappa shape index (κ3) is 4.51. The zero-order valence-electron chi connectivity index (χ0n) is 14.5. The maximum atomic E-state index is 13.8. The Morgan fingerprint density at radius 1 is 1.33 bits per heavy atom. The molecule has 1 amide bonds. The highest BCUT2D eigenvalue weighted by molar-refractivity contribution is 5.86. The number of rotatable bonds is 5. The number of nitrogens with zero attached hydrogens (tertiary/aromatic N) is 1. The summed E-state index contributed by atoms with van der Waals surface area (Å²) in [6, 6.07) is 3.92. The van der Waals surface area contributed by atoms with Crippen molar-refractivity contribution >= 4 is 5.91 Å². The Kier molecular flexibility index (Phi) is 5.60. The number of piperidine rings is 1. The van der Waals surface area contributed by atoms with E-state index < -0.39 is 23.1 Å². The molecule has 1 heterocycles. The van der Waals surface area contributed by atoms with Crippen LogP contribution in [0.5, 0.6) is 0 Å². The number of amides is 1. The van der Waals surface area contributed by atoms with E-state index in [0.717, 1.165) is 6.07 Å². The normalized spacial score (nSPS) is 22.1. The minimum atomic E-state index is -1.49. The molecule has 0 bridgehead atoms. The summed E-state index contributed by atoms with van der Waals surface area (Å²) >= 11 is 0. The van der Waals surface area contributed by atoms with E-state index in [0.29, 0.717) is 25.9 Å². The van der Waals surface area contributed by atoms with Gasteiger partial charge >= 0.3 is 0 Å². The number of benzene rings is 1. The van der Waals surface area contributed by atoms with Crippen LogP contribution < -0.4 is 5.32 Å². The topological polar surface area (TPSA) is 52.6 Å². The fourth-order valence-electron chi connectivity index (χ4n) is 2.90. The summed E-state index contributed by atoms with van der Waals surface area (Å²) in [5.74, 6) is -2.30. The minimum Gasteiger partial charge on any atom is -0.379 e. The molecule has 1 aliphatic heterocycles. The van der Waals surface area contributed by atoms with Crippen LogP contribution in [0.25, 0.3) is 0 Å². The van der Waals surface area contributed by atoms with Crippen molar-refractivity contribution in [2.24, 2.45) is 5.41 Å². The molecule has 1 aromatic carbocycles. The summed E-state index contributed by atoms with van der Waals surface area (Å²) < 4.78 is 27.1. The first-order valence-electron chi connectivity index (χ1n) is 8.28. The first-order valence-corrected chi connectivity index (χ1v) is 8.28. The van der Waals surface area contributed by atoms with Crippen LogP contribution in [0, 0.1) is 17.0 Å². The highest BCUT2D eigenvalue weighted by Crippen LogP contribution is 2.25. The van der Waals surface area contributed by atoms with E-state index in [1.165, 1.54) is 17.0 Å². The van der Waals surface area contributed by atoms with E-state index in [4.69, 9.17) is 0 Å². The van der Waals surface area contributed by atoms with Crippen molar-refractivity contribution in [1.82, 2.24) is 10.2 Å². The second kappa shape index (κ2) is 7.15. The summed E-state index contributed by atoms with van der Waals surface area (Å²) in [6.45, 7) is 7.40. The fourth-order valence-corrected chi connectivity index (χ4v) is 2.90. The Morgan fingerprint density at radius 2 is 2.04 bits per heavy atom. The maximum Gasteiger partial charge on any atom is 0.256 e. The first-order chi connectivity index (χ1) is 11.1. The molecule has 24 heavy (non-hydrogen) atoms. The molecular weight excluding hydrogens is 314 g/mol. The molecule has 6 heteroatoms. The van der Waals surface area contributed by atoms with Gasteiger partial charge in [-0.25, -0.2) is 8.78 Å². The van der Waals surface area contributed by atoms with Crippen molar-refractivity contribution in [3.8, 4) is 0 Å². The van der Waals surface area contributed by atoms with Crippen molar-refractivity contribution < 1.29 is 18.7 Å². The quantitative estimate of drug-likeness (QED) is 0.866. The number of carbonyl (C=O) groups excluding carboxylic acids is 1. The molecule has 134 valence electrons. The van der Waals surface area contributed by atoms with Gasteiger partial charge in [0.25, 0.3) is 5.91 Å². The van der Waals surface area contributed by atoms with Gasteiger partial charge in [0.15, 0.2) is 17.2 Å². The molecule has 1 atom stereocenters. The van der Waals surface area contributed by atoms with Crippen molar-refractivity contribution in [2.75, 3.05) is 19.6 Å². The average Bonchev–Trinajstić information content (AvgIpc) is 2.47. The van der Waals surface area contributed by atoms with Crippen LogP contribution in [0.3, 0.4) is 0 Å². The molecule has 1 saturated heterocycles. The molecule has 4 nitrogen and oxygen atoms in total. The predicted octanol–water partition coefficient (Wildman–Crippen LogP) is 2.45. The molecule has 0 aliphatic carbocycles. The van der Waals surface area contributed by atoms with E-state index >= 15 is 0 Å². The third-order valence-electron chi connectivity index (χ3n) is 4.17. The van der Waals surface area contributed by atoms with Gasteiger partial charge in [0.2, 0.25) is 0 Å². The van der Waals surface area contributed by atoms with Crippen molar-refractivity contribution in [3.63, 3.8) is 0 Å². The standard InChI is InChI=1S/C18H26F2N2O2/c1-17(2,3)11-21-12-18(24)8-5-9-22(16(18)23)10-13-6-4-7-14(19)15(13)20/h4,6-7,21,24H,5,8-12H2,1-3H3/t18-/m0/s1. The van der Waals surface area contributed by atoms with Crippen LogP contribution in [0.1, 0.15) is 39.2 Å². The van der Waals surface area contributed by atoms with Crippen LogP contribution >= 0.6 is 0 Å². The highest BCUT2D eigenvalue weighted by atomic mass is 19.2. The molecule has 0 aromatic heterocycles. The number of carbonyl (C=O) groups is 1. The highest BCUT2D eigenvalue weighted by Gasteiger charge is 2.42. The summed E-state index contributed by atoms with van der Waals surface area (Å²) in [5.41, 5.74) is -1.33. The van der Waals surface area contributed by atoms with Crippen LogP contribution in [0.15, 0.2) is 18.2 Å². The van der Waals surface area contributed by atoms with Crippen molar-refractivity contribution in [3.05, 3.63) is 35.4 Å². The fraction of sp³-hybridized carbons (Fsp3) is 0.611. The first kappa shape index (κ1) is 18.8. The second-order valence-corrected chi connectivity index (χ2v) is 7.74. The number of hydrogen-bond acceptors (Lipinski definition) is 3. The summed E-state index contributed by atoms with van der Waals surface area (Å²) in [5, 5.41) is 13.8. The Bertz CT molecular complexity index is 601. The summed E-state index contributed by atoms with van der Waals surface area (Å²) in [6.07, 6.45) is 0.988. The molecule has 1 aromatic rings. The van der Waals surface area contributed by atoms with Crippen molar-refractivity contribution in [1.29, 1.82) is 0 Å². The van der Waals surface area contributed by atoms with Crippen LogP contribution in [-0.4, -0.2) is 41.1 Å². The SMILES string of the molecule is CC(C)(C)CNC[C@@]1(O)CCCN(Cc2cccc(F)c2F)C1=O. The smallest absolute Gasteiger partial charge is 0.256 e.